The van der Waals surface area contributed by atoms with Gasteiger partial charge in [-0.15, -0.1) is 0 Å². The lowest BCUT2D eigenvalue weighted by molar-refractivity contribution is 0.00371. The Morgan fingerprint density at radius 3 is 2.05 bits per heavy atom. The molecule has 1 aromatic rings. The number of anilines is 1. The first-order valence-electron chi connectivity index (χ1n) is 20.7. The minimum Gasteiger partial charge on any atom is -0.748 e. The molecule has 1 aliphatic carbocycles. The van der Waals surface area contributed by atoms with E-state index in [-0.39, 0.29) is 44.6 Å². The molecule has 0 saturated carbocycles. The molecule has 4 rings (SSSR count). The summed E-state index contributed by atoms with van der Waals surface area (Å²) in [5.74, 6) is -0.156. The summed E-state index contributed by atoms with van der Waals surface area (Å²) in [5.41, 5.74) is 2.20. The molecule has 352 valence electrons. The highest BCUT2D eigenvalue weighted by atomic mass is 32.2. The molecule has 2 heterocycles. The fourth-order valence-electron chi connectivity index (χ4n) is 7.51. The molecule has 3 aliphatic rings. The second kappa shape index (κ2) is 23.1. The maximum atomic E-state index is 12.1. The molecular formula is C43H60N2O15S3-2. The molecule has 1 atom stereocenters. The van der Waals surface area contributed by atoms with Crippen molar-refractivity contribution in [3.63, 3.8) is 0 Å². The Labute approximate surface area is 371 Å². The van der Waals surface area contributed by atoms with Gasteiger partial charge in [-0.3, -0.25) is 0 Å². The molecule has 0 aromatic heterocycles. The van der Waals surface area contributed by atoms with Crippen LogP contribution in [0, 0.1) is 0 Å². The third-order valence-corrected chi connectivity index (χ3v) is 13.0. The fourth-order valence-corrected chi connectivity index (χ4v) is 8.97. The van der Waals surface area contributed by atoms with Crippen LogP contribution in [0.5, 0.6) is 0 Å². The first-order chi connectivity index (χ1) is 29.6. The zero-order chi connectivity index (χ0) is 46.5. The van der Waals surface area contributed by atoms with Crippen LogP contribution in [0.3, 0.4) is 0 Å². The van der Waals surface area contributed by atoms with Crippen molar-refractivity contribution in [2.45, 2.75) is 69.1 Å². The van der Waals surface area contributed by atoms with Crippen LogP contribution in [-0.4, -0.2) is 135 Å². The van der Waals surface area contributed by atoms with Gasteiger partial charge in [0, 0.05) is 66.6 Å². The van der Waals surface area contributed by atoms with Gasteiger partial charge < -0.3 is 47.0 Å². The molecule has 1 N–H and O–H groups in total. The van der Waals surface area contributed by atoms with Gasteiger partial charge in [-0.05, 0) is 85.2 Å². The van der Waals surface area contributed by atoms with Gasteiger partial charge in [0.1, 0.15) is 34.8 Å². The average molecular weight is 941 g/mol. The van der Waals surface area contributed by atoms with Gasteiger partial charge in [0.15, 0.2) is 6.54 Å². The van der Waals surface area contributed by atoms with E-state index in [1.165, 1.54) is 18.2 Å². The van der Waals surface area contributed by atoms with E-state index in [4.69, 9.17) is 23.4 Å². The number of nitrogens with zero attached hydrogens (tertiary/aromatic N) is 2. The summed E-state index contributed by atoms with van der Waals surface area (Å²) in [7, 11) is -12.2. The van der Waals surface area contributed by atoms with E-state index in [9.17, 15) is 44.0 Å². The lowest BCUT2D eigenvalue weighted by atomic mass is 9.77. The quantitative estimate of drug-likeness (QED) is 0.0688. The molecule has 0 fully saturated rings. The van der Waals surface area contributed by atoms with Crippen LogP contribution >= 0.6 is 0 Å². The van der Waals surface area contributed by atoms with Gasteiger partial charge >= 0.3 is 0 Å². The van der Waals surface area contributed by atoms with Gasteiger partial charge in [0.05, 0.1) is 70.8 Å². The van der Waals surface area contributed by atoms with Crippen molar-refractivity contribution in [2.24, 2.45) is 0 Å². The maximum absolute atomic E-state index is 12.1. The van der Waals surface area contributed by atoms with Crippen LogP contribution in [0.2, 0.25) is 0 Å². The number of aliphatic hydroxyl groups excluding tert-OH is 1. The van der Waals surface area contributed by atoms with Crippen molar-refractivity contribution in [1.82, 2.24) is 4.58 Å². The molecule has 20 heteroatoms. The predicted octanol–water partition coefficient (Wildman–Crippen LogP) is 3.37. The number of hydrogen-bond donors (Lipinski definition) is 1. The number of hydrogen-bond acceptors (Lipinski definition) is 16. The summed E-state index contributed by atoms with van der Waals surface area (Å²) >= 11 is 0. The Morgan fingerprint density at radius 2 is 1.44 bits per heavy atom. The zero-order valence-corrected chi connectivity index (χ0v) is 39.0. The summed E-state index contributed by atoms with van der Waals surface area (Å²) in [6.07, 6.45) is 6.00. The van der Waals surface area contributed by atoms with Crippen LogP contribution in [0.1, 0.15) is 70.3 Å². The molecule has 1 unspecified atom stereocenters. The number of fused-ring (bicyclic) bond motifs is 2. The van der Waals surface area contributed by atoms with Gasteiger partial charge in [0.2, 0.25) is 5.36 Å². The first-order valence-corrected chi connectivity index (χ1v) is 25.3. The SMILES string of the molecule is COCCOCCOCCOCC[N+](CCCS(=O)(=O)[O-])=c1ccc2c(C(C)(C)C)cc(/C=C/C=C3/N(CCCS(=O)(=O)[O-])c4ccc(S(=O)(=O)[O-])cc4C3(C)CCCO)oc-2c1. The number of allylic oxidation sites excluding steroid dienone is 3. The monoisotopic (exact) mass is 940 g/mol. The minimum atomic E-state index is -4.83. The number of aliphatic hydroxyl groups is 1. The molecular weight excluding hydrogens is 881 g/mol. The predicted molar refractivity (Wildman–Crippen MR) is 234 cm³/mol. The van der Waals surface area contributed by atoms with Crippen LogP contribution in [0.25, 0.3) is 17.4 Å². The Bertz CT molecular complexity index is 2420. The minimum absolute atomic E-state index is 0.0303. The van der Waals surface area contributed by atoms with Crippen LogP contribution in [0.4, 0.5) is 5.69 Å². The standard InChI is InChI=1S/C43H62N2O15S3/c1-42(2,3)37-31-34(10-6-11-41-43(4,16-7-20-46)38-32-35(63(53,54)55)13-15-39(38)45(41)18-9-29-62(50,51)52)60-40-30-33(12-14-36(37)40)44(17-8-28-61(47,48)49)19-21-57-24-25-59-27-26-58-23-22-56-5/h6,10-15,30-32,46H,7-9,16-29H2,1-5H3,(H2-,47,48,49,50,51,52,53,54,55)/p-2. The lowest BCUT2D eigenvalue weighted by Crippen LogP contribution is -2.35. The van der Waals surface area contributed by atoms with E-state index in [2.05, 4.69) is 20.8 Å². The third-order valence-electron chi connectivity index (χ3n) is 10.6. The van der Waals surface area contributed by atoms with E-state index >= 15 is 0 Å². The summed E-state index contributed by atoms with van der Waals surface area (Å²) in [4.78, 5) is 1.37. The average Bonchev–Trinajstić information content (AvgIpc) is 3.42. The zero-order valence-electron chi connectivity index (χ0n) is 36.6. The van der Waals surface area contributed by atoms with E-state index in [0.29, 0.717) is 92.9 Å². The Balaban J connectivity index is 1.73. The van der Waals surface area contributed by atoms with E-state index < -0.39 is 52.2 Å². The van der Waals surface area contributed by atoms with Gasteiger partial charge in [-0.2, -0.15) is 0 Å². The summed E-state index contributed by atoms with van der Waals surface area (Å²) in [6.45, 7) is 11.4. The molecule has 17 nitrogen and oxygen atoms in total. The van der Waals surface area contributed by atoms with Gasteiger partial charge in [-0.1, -0.05) is 26.8 Å². The van der Waals surface area contributed by atoms with Crippen molar-refractivity contribution in [3.05, 3.63) is 82.6 Å². The Morgan fingerprint density at radius 1 is 0.810 bits per heavy atom. The Hall–Kier alpha value is -3.54. The number of rotatable bonds is 26. The molecule has 2 aliphatic heterocycles. The molecule has 0 spiro atoms. The molecule has 1 aromatic carbocycles. The molecule has 0 bridgehead atoms. The number of benzene rings is 2. The highest BCUT2D eigenvalue weighted by molar-refractivity contribution is 7.86. The van der Waals surface area contributed by atoms with E-state index in [1.807, 2.05) is 35.8 Å². The third kappa shape index (κ3) is 15.8. The van der Waals surface area contributed by atoms with Crippen molar-refractivity contribution in [2.75, 3.05) is 96.0 Å². The molecule has 63 heavy (non-hydrogen) atoms. The molecule has 0 saturated heterocycles. The largest absolute Gasteiger partial charge is 0.748 e. The van der Waals surface area contributed by atoms with Crippen LogP contribution < -0.4 is 14.8 Å². The number of methoxy groups -OCH3 is 1. The Kier molecular flexibility index (Phi) is 19.1. The summed E-state index contributed by atoms with van der Waals surface area (Å²) < 4.78 is 135. The fraction of sp³-hybridized carbons (Fsp3) is 0.558. The molecule has 0 amide bonds. The summed E-state index contributed by atoms with van der Waals surface area (Å²) in [6, 6.07) is 11.6. The summed E-state index contributed by atoms with van der Waals surface area (Å²) in [5, 5.41) is 10.6. The van der Waals surface area contributed by atoms with E-state index in [0.717, 1.165) is 11.1 Å². The van der Waals surface area contributed by atoms with Crippen LogP contribution in [0.15, 0.2) is 69.6 Å². The second-order valence-corrected chi connectivity index (χ2v) is 20.8. The topological polar surface area (TPSA) is 248 Å². The molecule has 0 radical (unpaired) electrons. The van der Waals surface area contributed by atoms with E-state index in [1.54, 1.807) is 30.2 Å². The highest BCUT2D eigenvalue weighted by Gasteiger charge is 2.43. The van der Waals surface area contributed by atoms with Crippen molar-refractivity contribution < 1.29 is 67.4 Å². The van der Waals surface area contributed by atoms with Crippen molar-refractivity contribution in [3.8, 4) is 11.3 Å². The second-order valence-electron chi connectivity index (χ2n) is 16.4. The van der Waals surface area contributed by atoms with Gasteiger partial charge in [0.25, 0.3) is 0 Å². The normalized spacial score (nSPS) is 17.3. The maximum Gasteiger partial charge on any atom is 0.203 e. The van der Waals surface area contributed by atoms with Crippen molar-refractivity contribution in [1.29, 1.82) is 0 Å². The lowest BCUT2D eigenvalue weighted by Gasteiger charge is -2.30. The highest BCUT2D eigenvalue weighted by Crippen LogP contribution is 2.51. The smallest absolute Gasteiger partial charge is 0.203 e. The first kappa shape index (κ1) is 52.1. The van der Waals surface area contributed by atoms with Crippen LogP contribution in [-0.2, 0) is 60.1 Å². The number of ether oxygens (including phenoxy) is 4. The van der Waals surface area contributed by atoms with Crippen molar-refractivity contribution >= 4 is 42.1 Å². The van der Waals surface area contributed by atoms with Gasteiger partial charge in [-0.25, -0.2) is 29.8 Å².